The molecule has 0 unspecified atom stereocenters. The Morgan fingerprint density at radius 3 is 2.44 bits per heavy atom. The zero-order valence-corrected chi connectivity index (χ0v) is 17.6. The van der Waals surface area contributed by atoms with Crippen LogP contribution in [0.3, 0.4) is 0 Å². The number of aromatic nitrogens is 1. The SMILES string of the molecule is Cc1cccc2sc(N(CCCN(C)C)C(=O)Cc3ccccc3)nc12.Cl. The summed E-state index contributed by atoms with van der Waals surface area (Å²) in [4.78, 5) is 21.8. The van der Waals surface area contributed by atoms with E-state index in [0.717, 1.165) is 39.4 Å². The molecule has 1 aromatic heterocycles. The van der Waals surface area contributed by atoms with Gasteiger partial charge in [0.1, 0.15) is 0 Å². The molecule has 0 saturated carbocycles. The topological polar surface area (TPSA) is 36.4 Å². The molecule has 6 heteroatoms. The second kappa shape index (κ2) is 9.83. The van der Waals surface area contributed by atoms with Crippen LogP contribution in [0.1, 0.15) is 17.5 Å². The lowest BCUT2D eigenvalue weighted by atomic mass is 10.1. The molecule has 1 amide bonds. The minimum atomic E-state index is 0. The molecule has 0 atom stereocenters. The third-order valence-electron chi connectivity index (χ3n) is 4.33. The minimum absolute atomic E-state index is 0. The number of carbonyl (C=O) groups is 1. The molecule has 0 N–H and O–H groups in total. The number of aryl methyl sites for hydroxylation is 1. The van der Waals surface area contributed by atoms with E-state index in [2.05, 4.69) is 38.1 Å². The number of carbonyl (C=O) groups excluding carboxylic acids is 1. The standard InChI is InChI=1S/C21H25N3OS.ClH/c1-16-9-7-12-18-20(16)22-21(26-18)24(14-8-13-23(2)3)19(25)15-17-10-5-4-6-11-17;/h4-7,9-12H,8,13-15H2,1-3H3;1H. The number of halogens is 1. The van der Waals surface area contributed by atoms with Crippen molar-refractivity contribution in [2.75, 3.05) is 32.1 Å². The van der Waals surface area contributed by atoms with Gasteiger partial charge in [-0.1, -0.05) is 53.8 Å². The number of anilines is 1. The lowest BCUT2D eigenvalue weighted by Crippen LogP contribution is -2.34. The number of nitrogens with zero attached hydrogens (tertiary/aromatic N) is 3. The quantitative estimate of drug-likeness (QED) is 0.580. The van der Waals surface area contributed by atoms with E-state index in [1.807, 2.05) is 41.3 Å². The predicted molar refractivity (Wildman–Crippen MR) is 117 cm³/mol. The fourth-order valence-electron chi connectivity index (χ4n) is 2.93. The molecule has 0 saturated heterocycles. The first-order valence-corrected chi connectivity index (χ1v) is 9.71. The Morgan fingerprint density at radius 2 is 1.78 bits per heavy atom. The smallest absolute Gasteiger partial charge is 0.233 e. The third kappa shape index (κ3) is 5.51. The summed E-state index contributed by atoms with van der Waals surface area (Å²) in [6.45, 7) is 3.69. The van der Waals surface area contributed by atoms with E-state index < -0.39 is 0 Å². The van der Waals surface area contributed by atoms with Crippen LogP contribution in [-0.2, 0) is 11.2 Å². The van der Waals surface area contributed by atoms with Gasteiger partial charge >= 0.3 is 0 Å². The molecular formula is C21H26ClN3OS. The largest absolute Gasteiger partial charge is 0.309 e. The summed E-state index contributed by atoms with van der Waals surface area (Å²) in [7, 11) is 4.11. The maximum Gasteiger partial charge on any atom is 0.233 e. The zero-order valence-electron chi connectivity index (χ0n) is 16.0. The summed E-state index contributed by atoms with van der Waals surface area (Å²) in [5.74, 6) is 0.103. The maximum atomic E-state index is 13.0. The molecule has 3 rings (SSSR count). The van der Waals surface area contributed by atoms with Crippen LogP contribution >= 0.6 is 23.7 Å². The van der Waals surface area contributed by atoms with E-state index in [4.69, 9.17) is 4.98 Å². The van der Waals surface area contributed by atoms with Crippen molar-refractivity contribution in [3.05, 3.63) is 59.7 Å². The van der Waals surface area contributed by atoms with Crippen LogP contribution in [0.15, 0.2) is 48.5 Å². The molecule has 3 aromatic rings. The Hall–Kier alpha value is -1.95. The average Bonchev–Trinajstić information content (AvgIpc) is 3.04. The molecule has 0 bridgehead atoms. The van der Waals surface area contributed by atoms with E-state index in [0.29, 0.717) is 13.0 Å². The molecule has 0 aliphatic rings. The van der Waals surface area contributed by atoms with Gasteiger partial charge in [0.25, 0.3) is 0 Å². The van der Waals surface area contributed by atoms with Crippen molar-refractivity contribution in [1.29, 1.82) is 0 Å². The Balaban J connectivity index is 0.00000261. The van der Waals surface area contributed by atoms with Gasteiger partial charge in [-0.25, -0.2) is 4.98 Å². The van der Waals surface area contributed by atoms with Gasteiger partial charge in [0.2, 0.25) is 5.91 Å². The van der Waals surface area contributed by atoms with Gasteiger partial charge in [0.15, 0.2) is 5.13 Å². The Bertz CT molecular complexity index is 880. The van der Waals surface area contributed by atoms with E-state index in [-0.39, 0.29) is 18.3 Å². The van der Waals surface area contributed by atoms with Crippen molar-refractivity contribution < 1.29 is 4.79 Å². The molecule has 0 aliphatic heterocycles. The summed E-state index contributed by atoms with van der Waals surface area (Å²) in [6.07, 6.45) is 1.32. The van der Waals surface area contributed by atoms with Gasteiger partial charge < -0.3 is 4.90 Å². The van der Waals surface area contributed by atoms with Crippen molar-refractivity contribution in [3.63, 3.8) is 0 Å². The number of rotatable bonds is 7. The van der Waals surface area contributed by atoms with Crippen LogP contribution in [0.25, 0.3) is 10.2 Å². The number of hydrogen-bond acceptors (Lipinski definition) is 4. The fourth-order valence-corrected chi connectivity index (χ4v) is 4.01. The van der Waals surface area contributed by atoms with Crippen LogP contribution in [0, 0.1) is 6.92 Å². The molecule has 0 fully saturated rings. The number of para-hydroxylation sites is 1. The minimum Gasteiger partial charge on any atom is -0.309 e. The first-order valence-electron chi connectivity index (χ1n) is 8.90. The predicted octanol–water partition coefficient (Wildman–Crippen LogP) is 4.55. The van der Waals surface area contributed by atoms with Gasteiger partial charge in [-0.15, -0.1) is 12.4 Å². The second-order valence-corrected chi connectivity index (χ2v) is 7.79. The molecule has 144 valence electrons. The monoisotopic (exact) mass is 403 g/mol. The molecule has 0 radical (unpaired) electrons. The van der Waals surface area contributed by atoms with Crippen LogP contribution < -0.4 is 4.90 Å². The molecule has 0 aliphatic carbocycles. The number of hydrogen-bond donors (Lipinski definition) is 0. The van der Waals surface area contributed by atoms with Gasteiger partial charge in [-0.2, -0.15) is 0 Å². The number of thiazole rings is 1. The summed E-state index contributed by atoms with van der Waals surface area (Å²) < 4.78 is 1.13. The lowest BCUT2D eigenvalue weighted by Gasteiger charge is -2.21. The van der Waals surface area contributed by atoms with Crippen molar-refractivity contribution in [1.82, 2.24) is 9.88 Å². The van der Waals surface area contributed by atoms with Crippen LogP contribution in [0.2, 0.25) is 0 Å². The molecule has 2 aromatic carbocycles. The number of fused-ring (bicyclic) bond motifs is 1. The highest BCUT2D eigenvalue weighted by Crippen LogP contribution is 2.31. The van der Waals surface area contributed by atoms with E-state index in [9.17, 15) is 4.79 Å². The van der Waals surface area contributed by atoms with Crippen LogP contribution in [0.4, 0.5) is 5.13 Å². The maximum absolute atomic E-state index is 13.0. The van der Waals surface area contributed by atoms with Crippen molar-refractivity contribution in [2.24, 2.45) is 0 Å². The normalized spacial score (nSPS) is 10.8. The van der Waals surface area contributed by atoms with Crippen molar-refractivity contribution >= 4 is 45.0 Å². The molecule has 4 nitrogen and oxygen atoms in total. The van der Waals surface area contributed by atoms with Crippen molar-refractivity contribution in [3.8, 4) is 0 Å². The van der Waals surface area contributed by atoms with E-state index in [1.54, 1.807) is 11.3 Å². The molecular weight excluding hydrogens is 378 g/mol. The summed E-state index contributed by atoms with van der Waals surface area (Å²) in [6, 6.07) is 16.1. The van der Waals surface area contributed by atoms with Gasteiger partial charge in [-0.05, 0) is 51.2 Å². The average molecular weight is 404 g/mol. The van der Waals surface area contributed by atoms with Crippen LogP contribution in [0.5, 0.6) is 0 Å². The van der Waals surface area contributed by atoms with Crippen LogP contribution in [-0.4, -0.2) is 43.0 Å². The Morgan fingerprint density at radius 1 is 1.04 bits per heavy atom. The number of benzene rings is 2. The Kier molecular flexibility index (Phi) is 7.78. The van der Waals surface area contributed by atoms with E-state index in [1.165, 1.54) is 0 Å². The highest BCUT2D eigenvalue weighted by molar-refractivity contribution is 7.22. The molecule has 27 heavy (non-hydrogen) atoms. The molecule has 0 spiro atoms. The second-order valence-electron chi connectivity index (χ2n) is 6.78. The summed E-state index contributed by atoms with van der Waals surface area (Å²) >= 11 is 1.60. The first kappa shape index (κ1) is 21.4. The third-order valence-corrected chi connectivity index (χ3v) is 5.37. The highest BCUT2D eigenvalue weighted by atomic mass is 35.5. The van der Waals surface area contributed by atoms with Gasteiger partial charge in [-0.3, -0.25) is 9.69 Å². The highest BCUT2D eigenvalue weighted by Gasteiger charge is 2.20. The van der Waals surface area contributed by atoms with Gasteiger partial charge in [0.05, 0.1) is 16.6 Å². The summed E-state index contributed by atoms with van der Waals surface area (Å²) in [5.41, 5.74) is 3.18. The number of amides is 1. The fraction of sp³-hybridized carbons (Fsp3) is 0.333. The van der Waals surface area contributed by atoms with Crippen molar-refractivity contribution in [2.45, 2.75) is 19.8 Å². The molecule has 1 heterocycles. The lowest BCUT2D eigenvalue weighted by molar-refractivity contribution is -0.118. The zero-order chi connectivity index (χ0) is 18.5. The summed E-state index contributed by atoms with van der Waals surface area (Å²) in [5, 5.41) is 0.800. The van der Waals surface area contributed by atoms with Gasteiger partial charge in [0, 0.05) is 6.54 Å². The Labute approximate surface area is 171 Å². The van der Waals surface area contributed by atoms with E-state index >= 15 is 0 Å². The first-order chi connectivity index (χ1) is 12.5.